The standard InChI is InChI=1S/C15H15ClN4O4S2/c1-14(2)9(11(22)23)20-12(24)15(5-17,13(20)26-14)19-10(21)8(18)6-3-4-7(16)25-6/h3-4,8-9,13H,18H2,1-2H3,(H,19,21)(H,22,23)/t8?,9-,13+,15?/m0/s1. The molecule has 0 saturated carbocycles. The van der Waals surface area contributed by atoms with E-state index in [0.717, 1.165) is 16.2 Å². The van der Waals surface area contributed by atoms with Gasteiger partial charge in [0.2, 0.25) is 11.4 Å². The Hall–Kier alpha value is -1.80. The van der Waals surface area contributed by atoms with Gasteiger partial charge in [-0.15, -0.1) is 23.1 Å². The smallest absolute Gasteiger partial charge is 0.327 e. The summed E-state index contributed by atoms with van der Waals surface area (Å²) in [6, 6.07) is 2.89. The number of carboxylic acid groups (broad SMARTS) is 1. The van der Waals surface area contributed by atoms with Crippen LogP contribution in [-0.4, -0.2) is 49.5 Å². The summed E-state index contributed by atoms with van der Waals surface area (Å²) in [5.41, 5.74) is 4.08. The van der Waals surface area contributed by atoms with E-state index in [9.17, 15) is 24.8 Å². The minimum Gasteiger partial charge on any atom is -0.480 e. The van der Waals surface area contributed by atoms with Crippen LogP contribution in [-0.2, 0) is 14.4 Å². The Morgan fingerprint density at radius 3 is 2.65 bits per heavy atom. The van der Waals surface area contributed by atoms with Crippen molar-refractivity contribution in [2.45, 2.75) is 41.6 Å². The summed E-state index contributed by atoms with van der Waals surface area (Å²) in [7, 11) is 0. The Balaban J connectivity index is 1.85. The van der Waals surface area contributed by atoms with E-state index < -0.39 is 45.5 Å². The third-order valence-corrected chi connectivity index (χ3v) is 7.41. The number of β-lactam (4-membered cyclic amide) rings is 1. The molecular weight excluding hydrogens is 400 g/mol. The zero-order valence-corrected chi connectivity index (χ0v) is 16.1. The van der Waals surface area contributed by atoms with Crippen LogP contribution in [0.15, 0.2) is 12.1 Å². The van der Waals surface area contributed by atoms with Crippen molar-refractivity contribution >= 4 is 52.5 Å². The van der Waals surface area contributed by atoms with Crippen molar-refractivity contribution in [1.29, 1.82) is 5.26 Å². The van der Waals surface area contributed by atoms with Gasteiger partial charge in [-0.2, -0.15) is 5.26 Å². The number of carboxylic acids is 1. The summed E-state index contributed by atoms with van der Waals surface area (Å²) in [6.07, 6.45) is 0. The molecule has 8 nitrogen and oxygen atoms in total. The molecule has 2 saturated heterocycles. The lowest BCUT2D eigenvalue weighted by molar-refractivity contribution is -0.165. The maximum absolute atomic E-state index is 12.7. The number of aliphatic carboxylic acids is 1. The fourth-order valence-electron chi connectivity index (χ4n) is 3.20. The Morgan fingerprint density at radius 2 is 2.15 bits per heavy atom. The first-order chi connectivity index (χ1) is 12.0. The third-order valence-electron chi connectivity index (χ3n) is 4.46. The zero-order chi connectivity index (χ0) is 19.4. The molecule has 3 rings (SSSR count). The molecule has 0 radical (unpaired) electrons. The maximum atomic E-state index is 12.7. The zero-order valence-electron chi connectivity index (χ0n) is 13.7. The molecule has 2 fully saturated rings. The van der Waals surface area contributed by atoms with E-state index >= 15 is 0 Å². The van der Waals surface area contributed by atoms with Crippen LogP contribution in [0, 0.1) is 11.3 Å². The van der Waals surface area contributed by atoms with Crippen LogP contribution in [0.2, 0.25) is 4.34 Å². The monoisotopic (exact) mass is 414 g/mol. The molecule has 26 heavy (non-hydrogen) atoms. The van der Waals surface area contributed by atoms with E-state index in [1.54, 1.807) is 26.0 Å². The molecule has 138 valence electrons. The molecule has 1 aromatic heterocycles. The van der Waals surface area contributed by atoms with E-state index in [2.05, 4.69) is 5.32 Å². The van der Waals surface area contributed by atoms with Crippen LogP contribution in [0.3, 0.4) is 0 Å². The number of carbonyl (C=O) groups is 3. The number of thiophene rings is 1. The molecule has 3 heterocycles. The molecule has 11 heteroatoms. The number of nitriles is 1. The van der Waals surface area contributed by atoms with Crippen molar-refractivity contribution < 1.29 is 19.5 Å². The highest BCUT2D eigenvalue weighted by Gasteiger charge is 2.73. The van der Waals surface area contributed by atoms with Crippen molar-refractivity contribution in [2.24, 2.45) is 5.73 Å². The Bertz CT molecular complexity index is 851. The SMILES string of the molecule is CC1(C)S[C@H]2N(C(=O)C2(C#N)NC(=O)C(N)c2ccc(Cl)s2)[C@H]1C(=O)O. The van der Waals surface area contributed by atoms with Crippen LogP contribution in [0.5, 0.6) is 0 Å². The first-order valence-corrected chi connectivity index (χ1v) is 9.60. The van der Waals surface area contributed by atoms with E-state index in [-0.39, 0.29) is 0 Å². The van der Waals surface area contributed by atoms with Gasteiger partial charge in [-0.25, -0.2) is 4.79 Å². The Morgan fingerprint density at radius 1 is 1.50 bits per heavy atom. The van der Waals surface area contributed by atoms with Crippen LogP contribution in [0.4, 0.5) is 0 Å². The lowest BCUT2D eigenvalue weighted by Gasteiger charge is -2.49. The van der Waals surface area contributed by atoms with Gasteiger partial charge in [0.25, 0.3) is 5.91 Å². The molecule has 0 aromatic carbocycles. The van der Waals surface area contributed by atoms with Crippen molar-refractivity contribution in [3.8, 4) is 6.07 Å². The number of nitrogens with two attached hydrogens (primary N) is 1. The highest BCUT2D eigenvalue weighted by atomic mass is 35.5. The predicted octanol–water partition coefficient (Wildman–Crippen LogP) is 0.927. The van der Waals surface area contributed by atoms with Crippen LogP contribution < -0.4 is 11.1 Å². The topological polar surface area (TPSA) is 137 Å². The summed E-state index contributed by atoms with van der Waals surface area (Å²) >= 11 is 8.14. The number of amides is 2. The lowest BCUT2D eigenvalue weighted by atomic mass is 9.85. The van der Waals surface area contributed by atoms with Crippen LogP contribution in [0.1, 0.15) is 24.8 Å². The lowest BCUT2D eigenvalue weighted by Crippen LogP contribution is -2.79. The quantitative estimate of drug-likeness (QED) is 0.623. The van der Waals surface area contributed by atoms with Gasteiger partial charge in [-0.1, -0.05) is 11.6 Å². The maximum Gasteiger partial charge on any atom is 0.327 e. The number of carbonyl (C=O) groups excluding carboxylic acids is 2. The van der Waals surface area contributed by atoms with Crippen molar-refractivity contribution in [3.63, 3.8) is 0 Å². The van der Waals surface area contributed by atoms with Gasteiger partial charge in [-0.05, 0) is 26.0 Å². The molecule has 2 amide bonds. The fourth-order valence-corrected chi connectivity index (χ4v) is 5.90. The average molecular weight is 415 g/mol. The van der Waals surface area contributed by atoms with Crippen LogP contribution >= 0.6 is 34.7 Å². The van der Waals surface area contributed by atoms with Gasteiger partial charge in [0.05, 0.1) is 4.34 Å². The second-order valence-corrected chi connectivity index (χ2v) is 10.0. The molecule has 1 aromatic rings. The number of thioether (sulfide) groups is 1. The van der Waals surface area contributed by atoms with Gasteiger partial charge in [-0.3, -0.25) is 9.59 Å². The molecule has 2 aliphatic heterocycles. The minimum atomic E-state index is -1.83. The second-order valence-electron chi connectivity index (χ2n) is 6.56. The first-order valence-electron chi connectivity index (χ1n) is 7.52. The molecular formula is C15H15ClN4O4S2. The summed E-state index contributed by atoms with van der Waals surface area (Å²) in [6.45, 7) is 3.37. The van der Waals surface area contributed by atoms with Gasteiger partial charge < -0.3 is 21.1 Å². The summed E-state index contributed by atoms with van der Waals surface area (Å²) < 4.78 is -0.347. The molecule has 0 bridgehead atoms. The van der Waals surface area contributed by atoms with Gasteiger partial charge >= 0.3 is 5.97 Å². The fraction of sp³-hybridized carbons (Fsp3) is 0.467. The van der Waals surface area contributed by atoms with Crippen molar-refractivity contribution in [1.82, 2.24) is 10.2 Å². The van der Waals surface area contributed by atoms with E-state index in [0.29, 0.717) is 9.21 Å². The van der Waals surface area contributed by atoms with Gasteiger partial charge in [0.15, 0.2) is 0 Å². The normalized spacial score (nSPS) is 30.1. The second kappa shape index (κ2) is 6.13. The van der Waals surface area contributed by atoms with Crippen molar-refractivity contribution in [2.75, 3.05) is 0 Å². The number of hydrogen-bond acceptors (Lipinski definition) is 7. The highest BCUT2D eigenvalue weighted by molar-refractivity contribution is 8.01. The Labute approximate surface area is 162 Å². The number of hydrogen-bond donors (Lipinski definition) is 3. The number of halogens is 1. The number of fused-ring (bicyclic) bond motifs is 1. The van der Waals surface area contributed by atoms with Gasteiger partial charge in [0, 0.05) is 9.62 Å². The third kappa shape index (κ3) is 2.58. The largest absolute Gasteiger partial charge is 0.480 e. The van der Waals surface area contributed by atoms with Crippen molar-refractivity contribution in [3.05, 3.63) is 21.3 Å². The molecule has 0 spiro atoms. The number of nitrogens with one attached hydrogen (secondary N) is 1. The van der Waals surface area contributed by atoms with E-state index in [1.807, 2.05) is 6.07 Å². The van der Waals surface area contributed by atoms with E-state index in [4.69, 9.17) is 17.3 Å². The average Bonchev–Trinajstić information content (AvgIpc) is 3.10. The number of rotatable bonds is 4. The van der Waals surface area contributed by atoms with E-state index in [1.165, 1.54) is 11.8 Å². The minimum absolute atomic E-state index is 0.460. The molecule has 2 aliphatic rings. The predicted molar refractivity (Wildman–Crippen MR) is 96.5 cm³/mol. The number of nitrogens with zero attached hydrogens (tertiary/aromatic N) is 2. The van der Waals surface area contributed by atoms with Crippen LogP contribution in [0.25, 0.3) is 0 Å². The summed E-state index contributed by atoms with van der Waals surface area (Å²) in [4.78, 5) is 38.4. The first kappa shape index (κ1) is 19.0. The van der Waals surface area contributed by atoms with Gasteiger partial charge in [0.1, 0.15) is 23.5 Å². The summed E-state index contributed by atoms with van der Waals surface area (Å²) in [5.74, 6) is -2.59. The molecule has 4 N–H and O–H groups in total. The molecule has 2 unspecified atom stereocenters. The highest BCUT2D eigenvalue weighted by Crippen LogP contribution is 2.54. The Kier molecular flexibility index (Phi) is 4.47. The molecule has 0 aliphatic carbocycles. The summed E-state index contributed by atoms with van der Waals surface area (Å²) in [5, 5.41) is 20.7. The molecule has 4 atom stereocenters.